The third kappa shape index (κ3) is 5.26. The fraction of sp³-hybridized carbons (Fsp3) is 0.429. The van der Waals surface area contributed by atoms with Crippen molar-refractivity contribution in [3.63, 3.8) is 0 Å². The normalized spacial score (nSPS) is 9.50. The van der Waals surface area contributed by atoms with E-state index in [-0.39, 0.29) is 6.61 Å². The van der Waals surface area contributed by atoms with Gasteiger partial charge in [0, 0.05) is 13.0 Å². The molecule has 0 aliphatic carbocycles. The second kappa shape index (κ2) is 6.26. The summed E-state index contributed by atoms with van der Waals surface area (Å²) in [5.41, 5.74) is 0. The van der Waals surface area contributed by atoms with Crippen LogP contribution in [0.15, 0.2) is 12.2 Å². The number of rotatable bonds is 3. The topological polar surface area (TPSA) is 20.2 Å². The molecule has 0 amide bonds. The first kappa shape index (κ1) is 7.26. The summed E-state index contributed by atoms with van der Waals surface area (Å²) in [4.78, 5) is 0. The standard InChI is InChI=1S/C7H10O/c1-2-3-4-5-6-7-8/h1,4-5,8H,3,6-7H2/b5-4-. The maximum absolute atomic E-state index is 8.26. The molecule has 0 aliphatic heterocycles. The van der Waals surface area contributed by atoms with Crippen LogP contribution >= 0.6 is 0 Å². The van der Waals surface area contributed by atoms with Gasteiger partial charge in [-0.25, -0.2) is 0 Å². The van der Waals surface area contributed by atoms with Crippen molar-refractivity contribution in [2.24, 2.45) is 0 Å². The van der Waals surface area contributed by atoms with Crippen LogP contribution < -0.4 is 0 Å². The summed E-state index contributed by atoms with van der Waals surface area (Å²) < 4.78 is 0. The van der Waals surface area contributed by atoms with Crippen molar-refractivity contribution in [1.29, 1.82) is 0 Å². The highest BCUT2D eigenvalue weighted by molar-refractivity contribution is 4.95. The van der Waals surface area contributed by atoms with Crippen LogP contribution in [0.3, 0.4) is 0 Å². The van der Waals surface area contributed by atoms with Crippen LogP contribution in [-0.4, -0.2) is 11.7 Å². The van der Waals surface area contributed by atoms with E-state index in [9.17, 15) is 0 Å². The van der Waals surface area contributed by atoms with Gasteiger partial charge in [-0.2, -0.15) is 0 Å². The molecule has 0 bridgehead atoms. The van der Waals surface area contributed by atoms with Gasteiger partial charge in [-0.3, -0.25) is 0 Å². The van der Waals surface area contributed by atoms with Gasteiger partial charge >= 0.3 is 0 Å². The minimum absolute atomic E-state index is 0.209. The first-order valence-electron chi connectivity index (χ1n) is 2.61. The molecule has 0 heterocycles. The van der Waals surface area contributed by atoms with Crippen LogP contribution in [0.2, 0.25) is 0 Å². The van der Waals surface area contributed by atoms with Gasteiger partial charge in [-0.1, -0.05) is 12.2 Å². The zero-order chi connectivity index (χ0) is 6.24. The number of hydrogen-bond acceptors (Lipinski definition) is 1. The molecule has 0 aromatic rings. The van der Waals surface area contributed by atoms with Crippen LogP contribution in [0.25, 0.3) is 0 Å². The second-order valence-corrected chi connectivity index (χ2v) is 1.39. The van der Waals surface area contributed by atoms with E-state index >= 15 is 0 Å². The Hall–Kier alpha value is -0.740. The monoisotopic (exact) mass is 110 g/mol. The highest BCUT2D eigenvalue weighted by Gasteiger charge is 1.70. The van der Waals surface area contributed by atoms with Crippen molar-refractivity contribution in [1.82, 2.24) is 0 Å². The lowest BCUT2D eigenvalue weighted by Crippen LogP contribution is -1.74. The van der Waals surface area contributed by atoms with Gasteiger partial charge in [0.15, 0.2) is 0 Å². The molecular weight excluding hydrogens is 100 g/mol. The molecule has 0 unspecified atom stereocenters. The molecule has 1 heteroatoms. The van der Waals surface area contributed by atoms with E-state index < -0.39 is 0 Å². The Balaban J connectivity index is 2.98. The highest BCUT2D eigenvalue weighted by atomic mass is 16.2. The quantitative estimate of drug-likeness (QED) is 0.423. The minimum Gasteiger partial charge on any atom is -0.396 e. The van der Waals surface area contributed by atoms with Gasteiger partial charge in [-0.05, 0) is 6.42 Å². The Morgan fingerprint density at radius 1 is 1.50 bits per heavy atom. The second-order valence-electron chi connectivity index (χ2n) is 1.39. The lowest BCUT2D eigenvalue weighted by atomic mass is 10.3. The van der Waals surface area contributed by atoms with Crippen molar-refractivity contribution in [2.45, 2.75) is 12.8 Å². The smallest absolute Gasteiger partial charge is 0.0465 e. The first-order valence-corrected chi connectivity index (χ1v) is 2.61. The van der Waals surface area contributed by atoms with Gasteiger partial charge < -0.3 is 5.11 Å². The predicted molar refractivity (Wildman–Crippen MR) is 34.3 cm³/mol. The summed E-state index contributed by atoms with van der Waals surface area (Å²) in [6, 6.07) is 0. The van der Waals surface area contributed by atoms with Crippen LogP contribution in [0.5, 0.6) is 0 Å². The number of allylic oxidation sites excluding steroid dienone is 1. The zero-order valence-electron chi connectivity index (χ0n) is 4.80. The third-order valence-electron chi connectivity index (χ3n) is 0.698. The fourth-order valence-electron chi connectivity index (χ4n) is 0.344. The minimum atomic E-state index is 0.209. The molecule has 0 saturated heterocycles. The first-order chi connectivity index (χ1) is 3.91. The molecule has 0 fully saturated rings. The Morgan fingerprint density at radius 2 is 2.25 bits per heavy atom. The van der Waals surface area contributed by atoms with Gasteiger partial charge in [-0.15, -0.1) is 12.3 Å². The molecule has 8 heavy (non-hydrogen) atoms. The van der Waals surface area contributed by atoms with E-state index in [0.717, 1.165) is 0 Å². The summed E-state index contributed by atoms with van der Waals surface area (Å²) in [6.45, 7) is 0.209. The van der Waals surface area contributed by atoms with Crippen LogP contribution in [0, 0.1) is 12.3 Å². The molecule has 1 nitrogen and oxygen atoms in total. The third-order valence-corrected chi connectivity index (χ3v) is 0.698. The summed E-state index contributed by atoms with van der Waals surface area (Å²) in [5, 5.41) is 8.26. The maximum Gasteiger partial charge on any atom is 0.0465 e. The molecule has 0 aromatic carbocycles. The van der Waals surface area contributed by atoms with Gasteiger partial charge in [0.25, 0.3) is 0 Å². The van der Waals surface area contributed by atoms with Gasteiger partial charge in [0.2, 0.25) is 0 Å². The van der Waals surface area contributed by atoms with E-state index in [1.165, 1.54) is 0 Å². The number of hydrogen-bond donors (Lipinski definition) is 1. The van der Waals surface area contributed by atoms with Crippen molar-refractivity contribution in [2.75, 3.05) is 6.61 Å². The molecule has 0 rings (SSSR count). The average molecular weight is 110 g/mol. The summed E-state index contributed by atoms with van der Waals surface area (Å²) in [7, 11) is 0. The van der Waals surface area contributed by atoms with E-state index in [4.69, 9.17) is 11.5 Å². The van der Waals surface area contributed by atoms with Crippen molar-refractivity contribution in [3.05, 3.63) is 12.2 Å². The molecule has 0 saturated carbocycles. The molecule has 44 valence electrons. The van der Waals surface area contributed by atoms with E-state index in [0.29, 0.717) is 12.8 Å². The van der Waals surface area contributed by atoms with E-state index in [1.807, 2.05) is 12.2 Å². The van der Waals surface area contributed by atoms with E-state index in [1.54, 1.807) is 0 Å². The summed E-state index contributed by atoms with van der Waals surface area (Å²) in [6.07, 6.45) is 10.1. The molecule has 0 atom stereocenters. The largest absolute Gasteiger partial charge is 0.396 e. The molecule has 0 aromatic heterocycles. The fourth-order valence-corrected chi connectivity index (χ4v) is 0.344. The van der Waals surface area contributed by atoms with Gasteiger partial charge in [0.1, 0.15) is 0 Å². The molecule has 1 N–H and O–H groups in total. The summed E-state index contributed by atoms with van der Waals surface area (Å²) >= 11 is 0. The highest BCUT2D eigenvalue weighted by Crippen LogP contribution is 1.82. The predicted octanol–water partition coefficient (Wildman–Crippen LogP) is 0.948. The lowest BCUT2D eigenvalue weighted by Gasteiger charge is -1.79. The summed E-state index contributed by atoms with van der Waals surface area (Å²) in [5.74, 6) is 2.46. The van der Waals surface area contributed by atoms with Crippen molar-refractivity contribution >= 4 is 0 Å². The van der Waals surface area contributed by atoms with Crippen LogP contribution in [0.4, 0.5) is 0 Å². The van der Waals surface area contributed by atoms with E-state index in [2.05, 4.69) is 5.92 Å². The molecular formula is C7H10O. The number of aliphatic hydroxyl groups excluding tert-OH is 1. The van der Waals surface area contributed by atoms with Crippen LogP contribution in [0.1, 0.15) is 12.8 Å². The molecule has 0 aliphatic rings. The Bertz CT molecular complexity index is 97.4. The molecule has 0 radical (unpaired) electrons. The molecule has 0 spiro atoms. The van der Waals surface area contributed by atoms with Crippen LogP contribution in [-0.2, 0) is 0 Å². The van der Waals surface area contributed by atoms with Crippen molar-refractivity contribution in [3.8, 4) is 12.3 Å². The Kier molecular flexibility index (Phi) is 5.68. The maximum atomic E-state index is 8.26. The Morgan fingerprint density at radius 3 is 2.75 bits per heavy atom. The Labute approximate surface area is 50.0 Å². The number of terminal acetylenes is 1. The number of aliphatic hydroxyl groups is 1. The SMILES string of the molecule is C#CC/C=C\CCO. The zero-order valence-corrected chi connectivity index (χ0v) is 4.80. The van der Waals surface area contributed by atoms with Gasteiger partial charge in [0.05, 0.1) is 0 Å². The lowest BCUT2D eigenvalue weighted by molar-refractivity contribution is 0.302. The average Bonchev–Trinajstić information content (AvgIpc) is 1.81. The van der Waals surface area contributed by atoms with Crippen molar-refractivity contribution < 1.29 is 5.11 Å².